The van der Waals surface area contributed by atoms with Gasteiger partial charge in [0, 0.05) is 11.1 Å². The average molecular weight is 230 g/mol. The Hall–Kier alpha value is -0.203. The van der Waals surface area contributed by atoms with Crippen molar-refractivity contribution in [3.05, 3.63) is 12.3 Å². The molecule has 0 aromatic heterocycles. The van der Waals surface area contributed by atoms with E-state index in [-0.39, 0.29) is 11.1 Å². The molecule has 4 nitrogen and oxygen atoms in total. The SMILES string of the molecule is C=C[SiH](N(N)C(C)(C)C)N(N)C(C)(C)C. The second-order valence-electron chi connectivity index (χ2n) is 5.81. The first-order valence-electron chi connectivity index (χ1n) is 5.22. The molecule has 0 unspecified atom stereocenters. The second-order valence-corrected chi connectivity index (χ2v) is 8.22. The molecule has 0 fully saturated rings. The highest BCUT2D eigenvalue weighted by Crippen LogP contribution is 2.17. The van der Waals surface area contributed by atoms with Crippen LogP contribution >= 0.6 is 0 Å². The lowest BCUT2D eigenvalue weighted by Crippen LogP contribution is -2.67. The van der Waals surface area contributed by atoms with Crippen LogP contribution in [-0.4, -0.2) is 29.5 Å². The smallest absolute Gasteiger partial charge is 0.243 e. The molecule has 0 amide bonds. The van der Waals surface area contributed by atoms with Gasteiger partial charge in [-0.1, -0.05) is 5.70 Å². The Kier molecular flexibility index (Phi) is 4.69. The van der Waals surface area contributed by atoms with Crippen molar-refractivity contribution in [3.63, 3.8) is 0 Å². The first-order chi connectivity index (χ1) is 6.51. The highest BCUT2D eigenvalue weighted by Gasteiger charge is 2.34. The highest BCUT2D eigenvalue weighted by atomic mass is 28.3. The van der Waals surface area contributed by atoms with Gasteiger partial charge in [0.25, 0.3) is 0 Å². The second kappa shape index (κ2) is 4.76. The van der Waals surface area contributed by atoms with E-state index < -0.39 is 9.12 Å². The zero-order valence-electron chi connectivity index (χ0n) is 10.9. The molecule has 0 aliphatic heterocycles. The number of nitrogens with zero attached hydrogens (tertiary/aromatic N) is 2. The van der Waals surface area contributed by atoms with E-state index in [1.54, 1.807) is 0 Å². The van der Waals surface area contributed by atoms with Crippen LogP contribution in [-0.2, 0) is 0 Å². The van der Waals surface area contributed by atoms with Crippen LogP contribution in [0.2, 0.25) is 0 Å². The molecule has 15 heavy (non-hydrogen) atoms. The number of hydrazine groups is 2. The van der Waals surface area contributed by atoms with Crippen molar-refractivity contribution in [1.82, 2.24) is 9.35 Å². The zero-order chi connectivity index (χ0) is 12.4. The molecule has 0 heterocycles. The summed E-state index contributed by atoms with van der Waals surface area (Å²) in [7, 11) is -1.67. The fourth-order valence-electron chi connectivity index (χ4n) is 1.15. The third-order valence-electron chi connectivity index (χ3n) is 2.33. The summed E-state index contributed by atoms with van der Waals surface area (Å²) in [6.07, 6.45) is 0. The summed E-state index contributed by atoms with van der Waals surface area (Å²) in [6.45, 7) is 16.3. The van der Waals surface area contributed by atoms with Crippen LogP contribution in [0.15, 0.2) is 12.3 Å². The van der Waals surface area contributed by atoms with Crippen molar-refractivity contribution in [2.75, 3.05) is 0 Å². The van der Waals surface area contributed by atoms with Crippen LogP contribution in [0.3, 0.4) is 0 Å². The monoisotopic (exact) mass is 230 g/mol. The Balaban J connectivity index is 4.86. The van der Waals surface area contributed by atoms with Crippen molar-refractivity contribution in [3.8, 4) is 0 Å². The summed E-state index contributed by atoms with van der Waals surface area (Å²) in [5, 5.41) is 0. The van der Waals surface area contributed by atoms with E-state index >= 15 is 0 Å². The largest absolute Gasteiger partial charge is 0.273 e. The quantitative estimate of drug-likeness (QED) is 0.429. The van der Waals surface area contributed by atoms with Crippen LogP contribution in [0, 0.1) is 0 Å². The summed E-state index contributed by atoms with van der Waals surface area (Å²) in [4.78, 5) is 0. The summed E-state index contributed by atoms with van der Waals surface area (Å²) in [5.41, 5.74) is 1.72. The molecule has 0 rings (SSSR count). The van der Waals surface area contributed by atoms with Crippen LogP contribution in [0.5, 0.6) is 0 Å². The minimum atomic E-state index is -1.67. The lowest BCUT2D eigenvalue weighted by atomic mass is 10.1. The Bertz CT molecular complexity index is 196. The van der Waals surface area contributed by atoms with Crippen LogP contribution < -0.4 is 11.7 Å². The molecule has 0 aliphatic rings. The molecular formula is C10H26N4Si. The molecule has 0 radical (unpaired) electrons. The molecule has 0 saturated carbocycles. The van der Waals surface area contributed by atoms with Gasteiger partial charge in [-0.2, -0.15) is 0 Å². The Morgan fingerprint density at radius 1 is 0.933 bits per heavy atom. The first-order valence-corrected chi connectivity index (χ1v) is 6.92. The molecule has 5 heteroatoms. The molecule has 0 atom stereocenters. The molecule has 0 saturated heterocycles. The van der Waals surface area contributed by atoms with Gasteiger partial charge in [0.1, 0.15) is 0 Å². The molecule has 4 N–H and O–H groups in total. The van der Waals surface area contributed by atoms with E-state index in [0.29, 0.717) is 0 Å². The van der Waals surface area contributed by atoms with Gasteiger partial charge in [-0.25, -0.2) is 9.35 Å². The Labute approximate surface area is 95.6 Å². The van der Waals surface area contributed by atoms with E-state index in [0.717, 1.165) is 0 Å². The highest BCUT2D eigenvalue weighted by molar-refractivity contribution is 6.58. The Morgan fingerprint density at radius 2 is 1.20 bits per heavy atom. The summed E-state index contributed by atoms with van der Waals surface area (Å²) >= 11 is 0. The number of rotatable bonds is 3. The third-order valence-corrected chi connectivity index (χ3v) is 5.44. The normalized spacial score (nSPS) is 14.1. The van der Waals surface area contributed by atoms with Crippen molar-refractivity contribution in [1.29, 1.82) is 0 Å². The van der Waals surface area contributed by atoms with Gasteiger partial charge in [0.2, 0.25) is 9.12 Å². The van der Waals surface area contributed by atoms with Crippen molar-refractivity contribution < 1.29 is 0 Å². The van der Waals surface area contributed by atoms with Crippen molar-refractivity contribution in [2.24, 2.45) is 11.7 Å². The molecule has 0 aromatic rings. The standard InChI is InChI=1S/C10H26N4Si/c1-8-15(13(11)9(2,3)4)14(12)10(5,6)7/h8,15H,1,11-12H2,2-7H3. The number of nitrogens with two attached hydrogens (primary N) is 2. The van der Waals surface area contributed by atoms with Gasteiger partial charge in [0.15, 0.2) is 0 Å². The zero-order valence-corrected chi connectivity index (χ0v) is 12.1. The predicted molar refractivity (Wildman–Crippen MR) is 68.9 cm³/mol. The molecule has 90 valence electrons. The Morgan fingerprint density at radius 3 is 1.33 bits per heavy atom. The van der Waals surface area contributed by atoms with Crippen LogP contribution in [0.4, 0.5) is 0 Å². The fourth-order valence-corrected chi connectivity index (χ4v) is 3.46. The summed E-state index contributed by atoms with van der Waals surface area (Å²) in [5.74, 6) is 12.2. The molecule has 0 aliphatic carbocycles. The van der Waals surface area contributed by atoms with Crippen LogP contribution in [0.25, 0.3) is 0 Å². The maximum Gasteiger partial charge on any atom is 0.243 e. The minimum Gasteiger partial charge on any atom is -0.273 e. The van der Waals surface area contributed by atoms with Crippen LogP contribution in [0.1, 0.15) is 41.5 Å². The van der Waals surface area contributed by atoms with Gasteiger partial charge < -0.3 is 0 Å². The first kappa shape index (κ1) is 14.8. The maximum absolute atomic E-state index is 6.11. The number of hydrogen-bond donors (Lipinski definition) is 2. The predicted octanol–water partition coefficient (Wildman–Crippen LogP) is 0.880. The molecular weight excluding hydrogens is 204 g/mol. The van der Waals surface area contributed by atoms with E-state index in [9.17, 15) is 0 Å². The van der Waals surface area contributed by atoms with Gasteiger partial charge in [-0.15, -0.1) is 6.58 Å². The van der Waals surface area contributed by atoms with Gasteiger partial charge in [-0.05, 0) is 41.5 Å². The van der Waals surface area contributed by atoms with E-state index in [4.69, 9.17) is 11.7 Å². The van der Waals surface area contributed by atoms with Crippen molar-refractivity contribution in [2.45, 2.75) is 52.6 Å². The van der Waals surface area contributed by atoms with E-state index in [1.165, 1.54) is 0 Å². The maximum atomic E-state index is 6.11. The van der Waals surface area contributed by atoms with Gasteiger partial charge >= 0.3 is 0 Å². The molecule has 0 bridgehead atoms. The molecule has 0 aromatic carbocycles. The van der Waals surface area contributed by atoms with E-state index in [1.807, 2.05) is 15.0 Å². The third kappa shape index (κ3) is 4.04. The van der Waals surface area contributed by atoms with Crippen molar-refractivity contribution >= 4 is 9.12 Å². The number of hydrogen-bond acceptors (Lipinski definition) is 4. The van der Waals surface area contributed by atoms with Gasteiger partial charge in [0.05, 0.1) is 0 Å². The lowest BCUT2D eigenvalue weighted by molar-refractivity contribution is 0.183. The molecule has 0 spiro atoms. The topological polar surface area (TPSA) is 58.5 Å². The lowest BCUT2D eigenvalue weighted by Gasteiger charge is -2.44. The fraction of sp³-hybridized carbons (Fsp3) is 0.800. The van der Waals surface area contributed by atoms with E-state index in [2.05, 4.69) is 48.1 Å². The van der Waals surface area contributed by atoms with Gasteiger partial charge in [-0.3, -0.25) is 11.7 Å². The minimum absolute atomic E-state index is 0.0893. The summed E-state index contributed by atoms with van der Waals surface area (Å²) < 4.78 is 3.70. The average Bonchev–Trinajstić information content (AvgIpc) is 2.01. The summed E-state index contributed by atoms with van der Waals surface area (Å²) in [6, 6.07) is 0.